The summed E-state index contributed by atoms with van der Waals surface area (Å²) in [5.41, 5.74) is 7.41. The lowest BCUT2D eigenvalue weighted by atomic mass is 9.97. The van der Waals surface area contributed by atoms with E-state index < -0.39 is 12.0 Å². The molecule has 4 heteroatoms. The maximum absolute atomic E-state index is 11.0. The van der Waals surface area contributed by atoms with Crippen molar-refractivity contribution in [1.82, 2.24) is 0 Å². The molecule has 0 aliphatic rings. The molecule has 4 nitrogen and oxygen atoms in total. The Morgan fingerprint density at radius 1 is 1.17 bits per heavy atom. The van der Waals surface area contributed by atoms with Gasteiger partial charge in [0, 0.05) is 25.2 Å². The Labute approximate surface area is 106 Å². The van der Waals surface area contributed by atoms with Crippen molar-refractivity contribution in [2.24, 2.45) is 5.73 Å². The molecule has 0 saturated heterocycles. The van der Waals surface area contributed by atoms with E-state index in [9.17, 15) is 4.79 Å². The number of aliphatic carboxylic acids is 1. The average Bonchev–Trinajstić information content (AvgIpc) is 2.36. The number of benzene rings is 2. The second-order valence-corrected chi connectivity index (χ2v) is 4.43. The van der Waals surface area contributed by atoms with Crippen LogP contribution in [0.4, 0.5) is 5.69 Å². The monoisotopic (exact) mass is 244 g/mol. The van der Waals surface area contributed by atoms with Crippen molar-refractivity contribution in [3.8, 4) is 0 Å². The highest BCUT2D eigenvalue weighted by atomic mass is 16.4. The summed E-state index contributed by atoms with van der Waals surface area (Å²) < 4.78 is 0. The number of nitrogens with two attached hydrogens (primary N) is 1. The molecule has 0 saturated carbocycles. The number of rotatable bonds is 3. The minimum absolute atomic E-state index is 0.642. The largest absolute Gasteiger partial charge is 0.480 e. The third-order valence-electron chi connectivity index (χ3n) is 3.02. The van der Waals surface area contributed by atoms with E-state index in [0.717, 1.165) is 16.5 Å². The number of nitrogens with zero attached hydrogens (tertiary/aromatic N) is 1. The molecule has 0 spiro atoms. The molecule has 0 aliphatic heterocycles. The molecule has 0 aromatic heterocycles. The number of hydrogen-bond donors (Lipinski definition) is 2. The molecule has 0 heterocycles. The van der Waals surface area contributed by atoms with E-state index in [4.69, 9.17) is 10.8 Å². The van der Waals surface area contributed by atoms with Gasteiger partial charge in [-0.15, -0.1) is 0 Å². The summed E-state index contributed by atoms with van der Waals surface area (Å²) in [5, 5.41) is 10.9. The summed E-state index contributed by atoms with van der Waals surface area (Å²) in [7, 11) is 3.91. The fourth-order valence-electron chi connectivity index (χ4n) is 2.10. The van der Waals surface area contributed by atoms with Crippen molar-refractivity contribution in [2.75, 3.05) is 19.0 Å². The molecule has 94 valence electrons. The van der Waals surface area contributed by atoms with Crippen LogP contribution in [0.15, 0.2) is 36.4 Å². The molecule has 18 heavy (non-hydrogen) atoms. The van der Waals surface area contributed by atoms with Crippen molar-refractivity contribution in [3.05, 3.63) is 42.0 Å². The Balaban J connectivity index is 2.72. The van der Waals surface area contributed by atoms with Gasteiger partial charge >= 0.3 is 5.97 Å². The Hall–Kier alpha value is -2.07. The quantitative estimate of drug-likeness (QED) is 0.866. The highest BCUT2D eigenvalue weighted by Crippen LogP contribution is 2.30. The van der Waals surface area contributed by atoms with E-state index in [-0.39, 0.29) is 0 Å². The number of anilines is 1. The summed E-state index contributed by atoms with van der Waals surface area (Å²) >= 11 is 0. The minimum Gasteiger partial charge on any atom is -0.480 e. The van der Waals surface area contributed by atoms with Crippen LogP contribution in [0.1, 0.15) is 11.6 Å². The zero-order chi connectivity index (χ0) is 13.3. The van der Waals surface area contributed by atoms with Crippen LogP contribution in [0.25, 0.3) is 10.8 Å². The Kier molecular flexibility index (Phi) is 3.21. The van der Waals surface area contributed by atoms with Crippen LogP contribution in [0.5, 0.6) is 0 Å². The zero-order valence-corrected chi connectivity index (χ0v) is 10.4. The van der Waals surface area contributed by atoms with E-state index in [2.05, 4.69) is 0 Å². The van der Waals surface area contributed by atoms with Crippen LogP contribution < -0.4 is 10.6 Å². The van der Waals surface area contributed by atoms with Crippen molar-refractivity contribution in [2.45, 2.75) is 6.04 Å². The fraction of sp³-hybridized carbons (Fsp3) is 0.214. The first-order chi connectivity index (χ1) is 8.52. The molecular formula is C14H16N2O2. The van der Waals surface area contributed by atoms with Crippen LogP contribution in [0.2, 0.25) is 0 Å². The highest BCUT2D eigenvalue weighted by Gasteiger charge is 2.18. The van der Waals surface area contributed by atoms with E-state index >= 15 is 0 Å². The SMILES string of the molecule is CN(C)c1ccc([C@@H](N)C(=O)O)c2ccccc12. The number of hydrogen-bond acceptors (Lipinski definition) is 3. The van der Waals surface area contributed by atoms with Gasteiger partial charge in [0.1, 0.15) is 6.04 Å². The van der Waals surface area contributed by atoms with Gasteiger partial charge in [0.15, 0.2) is 0 Å². The number of carboxylic acid groups (broad SMARTS) is 1. The second kappa shape index (κ2) is 4.66. The van der Waals surface area contributed by atoms with Gasteiger partial charge in [0.25, 0.3) is 0 Å². The first-order valence-electron chi connectivity index (χ1n) is 5.69. The molecule has 0 amide bonds. The molecule has 2 aromatic rings. The lowest BCUT2D eigenvalue weighted by molar-refractivity contribution is -0.138. The standard InChI is InChI=1S/C14H16N2O2/c1-16(2)12-8-7-11(13(15)14(17)18)9-5-3-4-6-10(9)12/h3-8,13H,15H2,1-2H3,(H,17,18)/t13-/m1/s1. The fourth-order valence-corrected chi connectivity index (χ4v) is 2.10. The second-order valence-electron chi connectivity index (χ2n) is 4.43. The maximum Gasteiger partial charge on any atom is 0.325 e. The van der Waals surface area contributed by atoms with Gasteiger partial charge < -0.3 is 15.7 Å². The third kappa shape index (κ3) is 2.02. The normalized spacial score (nSPS) is 12.4. The Morgan fingerprint density at radius 2 is 1.78 bits per heavy atom. The number of carbonyl (C=O) groups is 1. The third-order valence-corrected chi connectivity index (χ3v) is 3.02. The van der Waals surface area contributed by atoms with E-state index in [1.165, 1.54) is 0 Å². The van der Waals surface area contributed by atoms with Gasteiger partial charge in [-0.1, -0.05) is 30.3 Å². The minimum atomic E-state index is -1.02. The lowest BCUT2D eigenvalue weighted by Gasteiger charge is -2.18. The van der Waals surface area contributed by atoms with Crippen LogP contribution in [0, 0.1) is 0 Å². The van der Waals surface area contributed by atoms with E-state index in [1.54, 1.807) is 6.07 Å². The first-order valence-corrected chi connectivity index (χ1v) is 5.69. The van der Waals surface area contributed by atoms with E-state index in [0.29, 0.717) is 5.56 Å². The average molecular weight is 244 g/mol. The summed E-state index contributed by atoms with van der Waals surface area (Å²) in [6.45, 7) is 0. The molecule has 0 fully saturated rings. The topological polar surface area (TPSA) is 66.6 Å². The molecule has 2 aromatic carbocycles. The van der Waals surface area contributed by atoms with Crippen LogP contribution in [-0.2, 0) is 4.79 Å². The summed E-state index contributed by atoms with van der Waals surface area (Å²) in [4.78, 5) is 13.0. The van der Waals surface area contributed by atoms with Gasteiger partial charge in [0.2, 0.25) is 0 Å². The van der Waals surface area contributed by atoms with Crippen LogP contribution in [-0.4, -0.2) is 25.2 Å². The van der Waals surface area contributed by atoms with Crippen LogP contribution >= 0.6 is 0 Å². The zero-order valence-electron chi connectivity index (χ0n) is 10.4. The van der Waals surface area contributed by atoms with Crippen molar-refractivity contribution < 1.29 is 9.90 Å². The van der Waals surface area contributed by atoms with Gasteiger partial charge in [-0.3, -0.25) is 4.79 Å². The predicted octanol–water partition coefficient (Wildman–Crippen LogP) is 1.99. The molecule has 0 bridgehead atoms. The highest BCUT2D eigenvalue weighted by molar-refractivity contribution is 5.98. The molecule has 1 atom stereocenters. The molecule has 0 radical (unpaired) electrons. The van der Waals surface area contributed by atoms with Crippen molar-refractivity contribution in [1.29, 1.82) is 0 Å². The first kappa shape index (κ1) is 12.4. The van der Waals surface area contributed by atoms with Crippen molar-refractivity contribution in [3.63, 3.8) is 0 Å². The number of carboxylic acids is 1. The summed E-state index contributed by atoms with van der Waals surface area (Å²) in [6.07, 6.45) is 0. The molecule has 2 rings (SSSR count). The molecule has 0 aliphatic carbocycles. The van der Waals surface area contributed by atoms with Crippen molar-refractivity contribution >= 4 is 22.4 Å². The smallest absolute Gasteiger partial charge is 0.325 e. The van der Waals surface area contributed by atoms with E-state index in [1.807, 2.05) is 49.3 Å². The maximum atomic E-state index is 11.0. The predicted molar refractivity (Wildman–Crippen MR) is 72.8 cm³/mol. The van der Waals surface area contributed by atoms with Gasteiger partial charge in [-0.2, -0.15) is 0 Å². The van der Waals surface area contributed by atoms with Gasteiger partial charge in [-0.25, -0.2) is 0 Å². The molecule has 3 N–H and O–H groups in total. The number of fused-ring (bicyclic) bond motifs is 1. The van der Waals surface area contributed by atoms with Gasteiger partial charge in [-0.05, 0) is 17.0 Å². The van der Waals surface area contributed by atoms with Gasteiger partial charge in [0.05, 0.1) is 0 Å². The van der Waals surface area contributed by atoms with Crippen LogP contribution in [0.3, 0.4) is 0 Å². The molecular weight excluding hydrogens is 228 g/mol. The Morgan fingerprint density at radius 3 is 2.33 bits per heavy atom. The lowest BCUT2D eigenvalue weighted by Crippen LogP contribution is -2.21. The summed E-state index contributed by atoms with van der Waals surface area (Å²) in [6, 6.07) is 10.4. The Bertz CT molecular complexity index is 593. The summed E-state index contributed by atoms with van der Waals surface area (Å²) in [5.74, 6) is -1.02. The molecule has 0 unspecified atom stereocenters.